The first kappa shape index (κ1) is 15.8. The van der Waals surface area contributed by atoms with Crippen LogP contribution < -0.4 is 10.6 Å². The van der Waals surface area contributed by atoms with Crippen LogP contribution in [0.15, 0.2) is 0 Å². The first-order chi connectivity index (χ1) is 10.1. The zero-order chi connectivity index (χ0) is 15.4. The van der Waals surface area contributed by atoms with Crippen LogP contribution in [0.25, 0.3) is 0 Å². The van der Waals surface area contributed by atoms with Crippen molar-refractivity contribution < 1.29 is 33.7 Å². The van der Waals surface area contributed by atoms with Gasteiger partial charge in [0.25, 0.3) is 0 Å². The second-order valence-corrected chi connectivity index (χ2v) is 4.82. The molecule has 118 valence electrons. The van der Waals surface area contributed by atoms with Gasteiger partial charge in [0.05, 0.1) is 13.2 Å². The van der Waals surface area contributed by atoms with E-state index in [0.717, 1.165) is 0 Å². The van der Waals surface area contributed by atoms with Crippen molar-refractivity contribution in [1.29, 1.82) is 0 Å². The molecule has 9 nitrogen and oxygen atoms in total. The Hall–Kier alpha value is -1.55. The molecule has 3 aliphatic rings. The molecular weight excluding hydrogens is 284 g/mol. The van der Waals surface area contributed by atoms with Crippen molar-refractivity contribution in [2.45, 2.75) is 37.0 Å². The highest BCUT2D eigenvalue weighted by Gasteiger charge is 2.43. The molecule has 0 radical (unpaired) electrons. The maximum Gasteiger partial charge on any atom is 0.329 e. The summed E-state index contributed by atoms with van der Waals surface area (Å²) < 4.78 is 15.7. The molecule has 0 aromatic carbocycles. The van der Waals surface area contributed by atoms with E-state index in [1.165, 1.54) is 7.11 Å². The van der Waals surface area contributed by atoms with E-state index in [1.807, 2.05) is 0 Å². The van der Waals surface area contributed by atoms with Crippen LogP contribution in [0, 0.1) is 0 Å². The summed E-state index contributed by atoms with van der Waals surface area (Å²) in [7, 11) is 1.38. The van der Waals surface area contributed by atoms with Crippen LogP contribution in [-0.4, -0.2) is 74.1 Å². The molecule has 0 spiro atoms. The lowest BCUT2D eigenvalue weighted by Crippen LogP contribution is -2.59. The number of methoxy groups -OCH3 is 1. The minimum atomic E-state index is -1.10. The van der Waals surface area contributed by atoms with E-state index in [1.54, 1.807) is 0 Å². The average Bonchev–Trinajstić information content (AvgIpc) is 2.48. The van der Waals surface area contributed by atoms with E-state index >= 15 is 0 Å². The summed E-state index contributed by atoms with van der Waals surface area (Å²) in [5.74, 6) is -1.27. The van der Waals surface area contributed by atoms with Gasteiger partial charge in [-0.3, -0.25) is 10.1 Å². The van der Waals surface area contributed by atoms with Gasteiger partial charge in [-0.05, 0) is 0 Å². The number of aliphatic hydroxyl groups excluding tert-OH is 1. The van der Waals surface area contributed by atoms with E-state index in [4.69, 9.17) is 14.2 Å². The molecule has 0 aliphatic carbocycles. The van der Waals surface area contributed by atoms with Gasteiger partial charge in [-0.1, -0.05) is 0 Å². The molecule has 3 N–H and O–H groups in total. The second-order valence-electron chi connectivity index (χ2n) is 4.82. The molecule has 3 aliphatic heterocycles. The Morgan fingerprint density at radius 1 is 1.48 bits per heavy atom. The van der Waals surface area contributed by atoms with Gasteiger partial charge in [-0.15, -0.1) is 0 Å². The van der Waals surface area contributed by atoms with Gasteiger partial charge in [-0.2, -0.15) is 0 Å². The first-order valence-electron chi connectivity index (χ1n) is 6.56. The first-order valence-corrected chi connectivity index (χ1v) is 6.56. The highest BCUT2D eigenvalue weighted by Crippen LogP contribution is 2.20. The SMILES string of the molecule is CO[C@@H]1[C@H](O)[C@@H]2NCC(=O)NC(CC=O)C(=O)O[C@H]1CO2. The number of carbonyl (C=O) groups excluding carboxylic acids is 3. The number of fused-ring (bicyclic) bond motifs is 8. The molecule has 3 rings (SSSR count). The number of esters is 1. The normalized spacial score (nSPS) is 37.3. The lowest BCUT2D eigenvalue weighted by Gasteiger charge is -2.38. The molecule has 1 amide bonds. The minimum absolute atomic E-state index is 0.0149. The largest absolute Gasteiger partial charge is 0.455 e. The van der Waals surface area contributed by atoms with Gasteiger partial charge in [-0.25, -0.2) is 4.79 Å². The molecule has 3 fully saturated rings. The fraction of sp³-hybridized carbons (Fsp3) is 0.750. The van der Waals surface area contributed by atoms with Crippen LogP contribution in [0.5, 0.6) is 0 Å². The molecule has 5 atom stereocenters. The van der Waals surface area contributed by atoms with E-state index in [0.29, 0.717) is 6.29 Å². The Morgan fingerprint density at radius 2 is 2.24 bits per heavy atom. The molecule has 21 heavy (non-hydrogen) atoms. The quantitative estimate of drug-likeness (QED) is 0.292. The van der Waals surface area contributed by atoms with Crippen molar-refractivity contribution >= 4 is 18.2 Å². The second kappa shape index (κ2) is 6.94. The Kier molecular flexibility index (Phi) is 5.23. The van der Waals surface area contributed by atoms with Crippen LogP contribution in [0.3, 0.4) is 0 Å². The van der Waals surface area contributed by atoms with Crippen LogP contribution >= 0.6 is 0 Å². The Bertz CT molecular complexity index is 416. The third-order valence-corrected chi connectivity index (χ3v) is 3.41. The highest BCUT2D eigenvalue weighted by atomic mass is 16.6. The van der Waals surface area contributed by atoms with E-state index in [2.05, 4.69) is 10.6 Å². The number of hydrogen-bond donors (Lipinski definition) is 3. The molecule has 0 aromatic rings. The van der Waals surface area contributed by atoms with Crippen LogP contribution in [0.4, 0.5) is 0 Å². The van der Waals surface area contributed by atoms with Gasteiger partial charge < -0.3 is 29.4 Å². The van der Waals surface area contributed by atoms with Gasteiger partial charge in [0.1, 0.15) is 30.8 Å². The maximum atomic E-state index is 12.0. The van der Waals surface area contributed by atoms with Crippen molar-refractivity contribution in [1.82, 2.24) is 10.6 Å². The number of ether oxygens (including phenoxy) is 3. The standard InChI is InChI=1S/C12H18N2O7/c1-19-10-7-5-20-11(9(10)17)13-4-8(16)14-6(2-3-15)12(18)21-7/h3,6-7,9-11,13,17H,2,4-5H2,1H3,(H,14,16)/t6?,7-,9-,10-,11+/m0/s1. The van der Waals surface area contributed by atoms with Gasteiger partial charge in [0.2, 0.25) is 5.91 Å². The van der Waals surface area contributed by atoms with Crippen molar-refractivity contribution in [3.05, 3.63) is 0 Å². The number of amides is 1. The number of carbonyl (C=O) groups is 3. The molecule has 2 bridgehead atoms. The zero-order valence-electron chi connectivity index (χ0n) is 11.5. The monoisotopic (exact) mass is 302 g/mol. The Balaban J connectivity index is 2.22. The van der Waals surface area contributed by atoms with Crippen molar-refractivity contribution in [2.24, 2.45) is 0 Å². The molecule has 0 aromatic heterocycles. The van der Waals surface area contributed by atoms with Crippen molar-refractivity contribution in [3.8, 4) is 0 Å². The molecule has 3 saturated heterocycles. The summed E-state index contributed by atoms with van der Waals surface area (Å²) in [6.45, 7) is -0.160. The smallest absolute Gasteiger partial charge is 0.329 e. The van der Waals surface area contributed by atoms with Crippen LogP contribution in [0.1, 0.15) is 6.42 Å². The summed E-state index contributed by atoms with van der Waals surface area (Å²) in [4.78, 5) is 34.3. The summed E-state index contributed by atoms with van der Waals surface area (Å²) in [6.07, 6.45) is -3.18. The topological polar surface area (TPSA) is 123 Å². The maximum absolute atomic E-state index is 12.0. The average molecular weight is 302 g/mol. The summed E-state index contributed by atoms with van der Waals surface area (Å²) in [5, 5.41) is 15.2. The number of hydrogen-bond acceptors (Lipinski definition) is 8. The van der Waals surface area contributed by atoms with E-state index < -0.39 is 42.5 Å². The third kappa shape index (κ3) is 3.56. The predicted molar refractivity (Wildman–Crippen MR) is 67.0 cm³/mol. The molecule has 0 saturated carbocycles. The lowest BCUT2D eigenvalue weighted by atomic mass is 10.0. The van der Waals surface area contributed by atoms with Gasteiger partial charge >= 0.3 is 5.97 Å². The van der Waals surface area contributed by atoms with Crippen molar-refractivity contribution in [2.75, 3.05) is 20.3 Å². The third-order valence-electron chi connectivity index (χ3n) is 3.41. The number of nitrogens with one attached hydrogen (secondary N) is 2. The zero-order valence-corrected chi connectivity index (χ0v) is 11.5. The number of aliphatic hydroxyl groups is 1. The van der Waals surface area contributed by atoms with Crippen LogP contribution in [-0.2, 0) is 28.6 Å². The Morgan fingerprint density at radius 3 is 2.90 bits per heavy atom. The van der Waals surface area contributed by atoms with E-state index in [9.17, 15) is 19.5 Å². The highest BCUT2D eigenvalue weighted by molar-refractivity contribution is 5.87. The molecule has 1 unspecified atom stereocenters. The molecule has 3 heterocycles. The minimum Gasteiger partial charge on any atom is -0.455 e. The lowest BCUT2D eigenvalue weighted by molar-refractivity contribution is -0.217. The van der Waals surface area contributed by atoms with Crippen LogP contribution in [0.2, 0.25) is 0 Å². The summed E-state index contributed by atoms with van der Waals surface area (Å²) in [6, 6.07) is -1.07. The number of aldehydes is 1. The molecule has 9 heteroatoms. The Labute approximate surface area is 120 Å². The fourth-order valence-electron chi connectivity index (χ4n) is 2.34. The van der Waals surface area contributed by atoms with Gasteiger partial charge in [0, 0.05) is 13.5 Å². The summed E-state index contributed by atoms with van der Waals surface area (Å²) >= 11 is 0. The van der Waals surface area contributed by atoms with Gasteiger partial charge in [0.15, 0.2) is 6.10 Å². The fourth-order valence-corrected chi connectivity index (χ4v) is 2.34. The molecular formula is C12H18N2O7. The number of rotatable bonds is 3. The predicted octanol–water partition coefficient (Wildman–Crippen LogP) is -2.69. The van der Waals surface area contributed by atoms with E-state index in [-0.39, 0.29) is 19.6 Å². The van der Waals surface area contributed by atoms with Crippen molar-refractivity contribution in [3.63, 3.8) is 0 Å². The summed E-state index contributed by atoms with van der Waals surface area (Å²) in [5.41, 5.74) is 0.